The average molecular weight is 239 g/mol. The highest BCUT2D eigenvalue weighted by atomic mass is 15.1. The topological polar surface area (TPSA) is 73.6 Å². The second kappa shape index (κ2) is 4.59. The first kappa shape index (κ1) is 10.9. The van der Waals surface area contributed by atoms with Gasteiger partial charge in [-0.1, -0.05) is 0 Å². The number of benzene rings is 1. The van der Waals surface area contributed by atoms with Crippen molar-refractivity contribution in [1.29, 1.82) is 5.26 Å². The fourth-order valence-electron chi connectivity index (χ4n) is 2.12. The van der Waals surface area contributed by atoms with E-state index in [4.69, 9.17) is 5.26 Å². The molecule has 0 saturated carbocycles. The van der Waals surface area contributed by atoms with Crippen LogP contribution in [0.5, 0.6) is 0 Å². The third-order valence-electron chi connectivity index (χ3n) is 3.11. The van der Waals surface area contributed by atoms with Crippen LogP contribution in [0.4, 0.5) is 5.95 Å². The summed E-state index contributed by atoms with van der Waals surface area (Å²) in [5, 5.41) is 16.4. The quantitative estimate of drug-likeness (QED) is 0.825. The van der Waals surface area contributed by atoms with E-state index >= 15 is 0 Å². The number of nitriles is 1. The van der Waals surface area contributed by atoms with Crippen LogP contribution in [-0.4, -0.2) is 29.1 Å². The highest BCUT2D eigenvalue weighted by molar-refractivity contribution is 5.80. The van der Waals surface area contributed by atoms with Gasteiger partial charge in [0.1, 0.15) is 0 Å². The molecular weight excluding hydrogens is 226 g/mol. The summed E-state index contributed by atoms with van der Waals surface area (Å²) in [4.78, 5) is 8.74. The first-order valence-corrected chi connectivity index (χ1v) is 5.99. The molecule has 0 radical (unpaired) electrons. The van der Waals surface area contributed by atoms with Gasteiger partial charge >= 0.3 is 0 Å². The number of fused-ring (bicyclic) bond motifs is 1. The lowest BCUT2D eigenvalue weighted by Crippen LogP contribution is -2.23. The lowest BCUT2D eigenvalue weighted by molar-refractivity contribution is 0.782. The van der Waals surface area contributed by atoms with Crippen molar-refractivity contribution in [3.63, 3.8) is 0 Å². The number of nitrogens with zero attached hydrogens (tertiary/aromatic N) is 3. The zero-order valence-corrected chi connectivity index (χ0v) is 9.85. The van der Waals surface area contributed by atoms with Crippen LogP contribution in [0.3, 0.4) is 0 Å². The first-order valence-electron chi connectivity index (χ1n) is 5.99. The molecule has 0 amide bonds. The molecule has 2 aromatic rings. The van der Waals surface area contributed by atoms with Gasteiger partial charge in [0.05, 0.1) is 17.1 Å². The van der Waals surface area contributed by atoms with E-state index in [1.807, 2.05) is 6.07 Å². The van der Waals surface area contributed by atoms with Gasteiger partial charge in [-0.15, -0.1) is 0 Å². The molecule has 1 atom stereocenters. The highest BCUT2D eigenvalue weighted by Gasteiger charge is 2.14. The van der Waals surface area contributed by atoms with E-state index in [1.165, 1.54) is 0 Å². The molecule has 1 aromatic carbocycles. The van der Waals surface area contributed by atoms with Gasteiger partial charge in [-0.3, -0.25) is 0 Å². The first-order chi connectivity index (χ1) is 8.85. The van der Waals surface area contributed by atoms with E-state index in [0.29, 0.717) is 17.6 Å². The summed E-state index contributed by atoms with van der Waals surface area (Å²) in [7, 11) is 0. The molecule has 18 heavy (non-hydrogen) atoms. The molecule has 0 spiro atoms. The Morgan fingerprint density at radius 2 is 2.39 bits per heavy atom. The van der Waals surface area contributed by atoms with Crippen LogP contribution in [0.25, 0.3) is 10.9 Å². The molecule has 2 heterocycles. The van der Waals surface area contributed by atoms with Crippen molar-refractivity contribution in [3.05, 3.63) is 30.0 Å². The normalized spacial score (nSPS) is 18.7. The molecule has 5 heteroatoms. The number of nitrogens with one attached hydrogen (secondary N) is 2. The molecule has 0 aliphatic carbocycles. The van der Waals surface area contributed by atoms with Crippen molar-refractivity contribution in [3.8, 4) is 6.07 Å². The molecule has 1 saturated heterocycles. The number of anilines is 1. The van der Waals surface area contributed by atoms with E-state index in [-0.39, 0.29) is 0 Å². The Morgan fingerprint density at radius 3 is 3.17 bits per heavy atom. The van der Waals surface area contributed by atoms with Crippen molar-refractivity contribution >= 4 is 16.9 Å². The van der Waals surface area contributed by atoms with E-state index in [2.05, 4.69) is 26.7 Å². The van der Waals surface area contributed by atoms with Crippen LogP contribution in [-0.2, 0) is 0 Å². The van der Waals surface area contributed by atoms with Crippen LogP contribution in [0, 0.1) is 11.3 Å². The highest BCUT2D eigenvalue weighted by Crippen LogP contribution is 2.15. The van der Waals surface area contributed by atoms with Gasteiger partial charge in [0.15, 0.2) is 0 Å². The average Bonchev–Trinajstić information content (AvgIpc) is 2.90. The maximum absolute atomic E-state index is 8.88. The Bertz CT molecular complexity index is 610. The summed E-state index contributed by atoms with van der Waals surface area (Å²) >= 11 is 0. The predicted molar refractivity (Wildman–Crippen MR) is 69.2 cm³/mol. The van der Waals surface area contributed by atoms with E-state index in [9.17, 15) is 0 Å². The van der Waals surface area contributed by atoms with E-state index in [1.54, 1.807) is 18.3 Å². The minimum Gasteiger partial charge on any atom is -0.350 e. The molecule has 1 aliphatic heterocycles. The minimum absolute atomic E-state index is 0.390. The van der Waals surface area contributed by atoms with Crippen LogP contribution < -0.4 is 10.6 Å². The molecule has 90 valence electrons. The van der Waals surface area contributed by atoms with Gasteiger partial charge in [-0.05, 0) is 31.2 Å². The summed E-state index contributed by atoms with van der Waals surface area (Å²) in [6, 6.07) is 7.95. The number of hydrogen-bond donors (Lipinski definition) is 2. The van der Waals surface area contributed by atoms with Crippen LogP contribution in [0.1, 0.15) is 12.0 Å². The summed E-state index contributed by atoms with van der Waals surface area (Å²) in [5.74, 6) is 0.631. The zero-order valence-electron chi connectivity index (χ0n) is 9.85. The van der Waals surface area contributed by atoms with Crippen molar-refractivity contribution in [2.75, 3.05) is 18.4 Å². The molecule has 1 unspecified atom stereocenters. The number of hydrogen-bond acceptors (Lipinski definition) is 5. The Kier molecular flexibility index (Phi) is 2.79. The van der Waals surface area contributed by atoms with E-state index < -0.39 is 0 Å². The maximum atomic E-state index is 8.88. The maximum Gasteiger partial charge on any atom is 0.223 e. The lowest BCUT2D eigenvalue weighted by atomic mass is 10.2. The van der Waals surface area contributed by atoms with Crippen molar-refractivity contribution in [1.82, 2.24) is 15.3 Å². The molecule has 1 aromatic heterocycles. The molecule has 5 nitrogen and oxygen atoms in total. The second-order valence-electron chi connectivity index (χ2n) is 4.41. The van der Waals surface area contributed by atoms with Crippen LogP contribution in [0.2, 0.25) is 0 Å². The Hall–Kier alpha value is -2.19. The van der Waals surface area contributed by atoms with Gasteiger partial charge in [-0.2, -0.15) is 5.26 Å². The summed E-state index contributed by atoms with van der Waals surface area (Å²) in [5.41, 5.74) is 1.42. The third kappa shape index (κ3) is 2.11. The number of rotatable bonds is 2. The fraction of sp³-hybridized carbons (Fsp3) is 0.308. The van der Waals surface area contributed by atoms with Crippen molar-refractivity contribution < 1.29 is 0 Å². The monoisotopic (exact) mass is 239 g/mol. The summed E-state index contributed by atoms with van der Waals surface area (Å²) < 4.78 is 0. The third-order valence-corrected chi connectivity index (χ3v) is 3.11. The fourth-order valence-corrected chi connectivity index (χ4v) is 2.12. The molecule has 1 fully saturated rings. The van der Waals surface area contributed by atoms with E-state index in [0.717, 1.165) is 30.4 Å². The standard InChI is InChI=1S/C13H13N5/c14-6-9-1-2-10-7-16-13(18-12(10)5-9)17-11-3-4-15-8-11/h1-2,5,7,11,15H,3-4,8H2,(H,16,17,18). The minimum atomic E-state index is 0.390. The van der Waals surface area contributed by atoms with Gasteiger partial charge in [0.25, 0.3) is 0 Å². The van der Waals surface area contributed by atoms with Crippen LogP contribution in [0.15, 0.2) is 24.4 Å². The predicted octanol–water partition coefficient (Wildman–Crippen LogP) is 1.28. The Balaban J connectivity index is 1.91. The molecule has 1 aliphatic rings. The molecular formula is C13H13N5. The number of aromatic nitrogens is 2. The SMILES string of the molecule is N#Cc1ccc2cnc(NC3CCNC3)nc2c1. The van der Waals surface area contributed by atoms with Gasteiger partial charge in [0, 0.05) is 24.2 Å². The summed E-state index contributed by atoms with van der Waals surface area (Å²) in [6.07, 6.45) is 2.87. The van der Waals surface area contributed by atoms with Gasteiger partial charge < -0.3 is 10.6 Å². The van der Waals surface area contributed by atoms with Crippen molar-refractivity contribution in [2.24, 2.45) is 0 Å². The summed E-state index contributed by atoms with van der Waals surface area (Å²) in [6.45, 7) is 1.98. The molecule has 2 N–H and O–H groups in total. The van der Waals surface area contributed by atoms with Crippen LogP contribution >= 0.6 is 0 Å². The second-order valence-corrected chi connectivity index (χ2v) is 4.41. The smallest absolute Gasteiger partial charge is 0.223 e. The zero-order chi connectivity index (χ0) is 12.4. The Morgan fingerprint density at radius 1 is 1.44 bits per heavy atom. The van der Waals surface area contributed by atoms with Crippen molar-refractivity contribution in [2.45, 2.75) is 12.5 Å². The van der Waals surface area contributed by atoms with Gasteiger partial charge in [-0.25, -0.2) is 9.97 Å². The van der Waals surface area contributed by atoms with Gasteiger partial charge in [0.2, 0.25) is 5.95 Å². The molecule has 0 bridgehead atoms. The Labute approximate surface area is 105 Å². The molecule has 3 rings (SSSR count). The lowest BCUT2D eigenvalue weighted by Gasteiger charge is -2.11. The largest absolute Gasteiger partial charge is 0.350 e.